The van der Waals surface area contributed by atoms with Crippen molar-refractivity contribution in [1.82, 2.24) is 0 Å². The van der Waals surface area contributed by atoms with Crippen molar-refractivity contribution in [2.24, 2.45) is 40.4 Å². The van der Waals surface area contributed by atoms with Crippen molar-refractivity contribution in [3.05, 3.63) is 22.8 Å². The van der Waals surface area contributed by atoms with Crippen LogP contribution in [0.3, 0.4) is 0 Å². The van der Waals surface area contributed by atoms with Crippen molar-refractivity contribution in [2.45, 2.75) is 129 Å². The highest BCUT2D eigenvalue weighted by Gasteiger charge is 2.60. The summed E-state index contributed by atoms with van der Waals surface area (Å²) >= 11 is 0. The van der Waals surface area contributed by atoms with Crippen LogP contribution in [0.1, 0.15) is 98.3 Å². The SMILES string of the molecule is CC1=C(CO)C(=O)OC([C@@H](C)C2CCC3[C@@H]4CC=C5C[C@@H](OC6C[C@@H](O)C[C@@H](CO)O6)CC[C@]5(C)C4CC[C@]23C)C1. The Bertz CT molecular complexity index is 1070. The van der Waals surface area contributed by atoms with Gasteiger partial charge in [-0.05, 0) is 98.7 Å². The number of cyclic esters (lactones) is 1. The Kier molecular flexibility index (Phi) is 8.25. The van der Waals surface area contributed by atoms with Gasteiger partial charge >= 0.3 is 5.97 Å². The fraction of sp³-hybridized carbons (Fsp3) is 0.853. The van der Waals surface area contributed by atoms with E-state index < -0.39 is 12.4 Å². The largest absolute Gasteiger partial charge is 0.458 e. The summed E-state index contributed by atoms with van der Waals surface area (Å²) in [6.07, 6.45) is 12.2. The first-order chi connectivity index (χ1) is 19.6. The molecule has 0 amide bonds. The predicted molar refractivity (Wildman–Crippen MR) is 155 cm³/mol. The summed E-state index contributed by atoms with van der Waals surface area (Å²) in [5.41, 5.74) is 3.48. The van der Waals surface area contributed by atoms with Gasteiger partial charge in [0.05, 0.1) is 37.1 Å². The number of hydrogen-bond donors (Lipinski definition) is 3. The summed E-state index contributed by atoms with van der Waals surface area (Å²) in [4.78, 5) is 12.6. The summed E-state index contributed by atoms with van der Waals surface area (Å²) in [5.74, 6) is 2.64. The molecule has 0 spiro atoms. The van der Waals surface area contributed by atoms with Gasteiger partial charge in [0, 0.05) is 19.3 Å². The van der Waals surface area contributed by atoms with Crippen LogP contribution in [0.4, 0.5) is 0 Å². The number of hydrogen-bond acceptors (Lipinski definition) is 7. The first-order valence-corrected chi connectivity index (χ1v) is 16.4. The molecule has 230 valence electrons. The molecule has 3 N–H and O–H groups in total. The van der Waals surface area contributed by atoms with Crippen LogP contribution in [0, 0.1) is 40.4 Å². The second kappa shape index (κ2) is 11.4. The van der Waals surface area contributed by atoms with E-state index in [1.165, 1.54) is 25.7 Å². The number of ether oxygens (including phenoxy) is 3. The Morgan fingerprint density at radius 3 is 2.61 bits per heavy atom. The van der Waals surface area contributed by atoms with Crippen molar-refractivity contribution in [2.75, 3.05) is 13.2 Å². The molecule has 5 unspecified atom stereocenters. The Labute approximate surface area is 245 Å². The number of fused-ring (bicyclic) bond motifs is 5. The van der Waals surface area contributed by atoms with Gasteiger partial charge in [-0.2, -0.15) is 0 Å². The van der Waals surface area contributed by atoms with E-state index in [2.05, 4.69) is 26.8 Å². The monoisotopic (exact) mass is 572 g/mol. The Balaban J connectivity index is 1.13. The molecule has 0 radical (unpaired) electrons. The summed E-state index contributed by atoms with van der Waals surface area (Å²) in [7, 11) is 0. The molecule has 7 nitrogen and oxygen atoms in total. The number of carbonyl (C=O) groups is 1. The fourth-order valence-corrected chi connectivity index (χ4v) is 10.6. The number of esters is 1. The summed E-state index contributed by atoms with van der Waals surface area (Å²) in [6, 6.07) is 0. The van der Waals surface area contributed by atoms with Crippen molar-refractivity contribution < 1.29 is 34.3 Å². The Hall–Kier alpha value is -1.25. The highest BCUT2D eigenvalue weighted by Crippen LogP contribution is 2.67. The molecule has 1 saturated heterocycles. The van der Waals surface area contributed by atoms with Crippen LogP contribution in [0.15, 0.2) is 22.8 Å². The number of aliphatic hydroxyl groups is 3. The molecule has 0 bridgehead atoms. The van der Waals surface area contributed by atoms with E-state index in [4.69, 9.17) is 14.2 Å². The topological polar surface area (TPSA) is 105 Å². The Morgan fingerprint density at radius 1 is 1.07 bits per heavy atom. The third-order valence-electron chi connectivity index (χ3n) is 12.9. The third-order valence-corrected chi connectivity index (χ3v) is 12.9. The van der Waals surface area contributed by atoms with Crippen LogP contribution in [0.2, 0.25) is 0 Å². The van der Waals surface area contributed by atoms with Gasteiger partial charge < -0.3 is 29.5 Å². The zero-order chi connectivity index (χ0) is 29.1. The normalized spacial score (nSPS) is 47.1. The van der Waals surface area contributed by atoms with Crippen LogP contribution < -0.4 is 0 Å². The van der Waals surface area contributed by atoms with E-state index >= 15 is 0 Å². The first-order valence-electron chi connectivity index (χ1n) is 16.4. The first kappa shape index (κ1) is 29.8. The van der Waals surface area contributed by atoms with E-state index in [1.807, 2.05) is 6.92 Å². The van der Waals surface area contributed by atoms with Crippen molar-refractivity contribution in [3.8, 4) is 0 Å². The molecular formula is C34H52O7. The minimum Gasteiger partial charge on any atom is -0.458 e. The van der Waals surface area contributed by atoms with Gasteiger partial charge in [-0.1, -0.05) is 38.0 Å². The number of carbonyl (C=O) groups excluding carboxylic acids is 1. The molecular weight excluding hydrogens is 520 g/mol. The number of rotatable bonds is 6. The summed E-state index contributed by atoms with van der Waals surface area (Å²) in [5, 5.41) is 29.4. The molecule has 0 aromatic heterocycles. The summed E-state index contributed by atoms with van der Waals surface area (Å²) < 4.78 is 18.2. The van der Waals surface area contributed by atoms with Gasteiger partial charge in [0.25, 0.3) is 0 Å². The minimum absolute atomic E-state index is 0.0826. The van der Waals surface area contributed by atoms with Crippen LogP contribution in [-0.4, -0.2) is 65.2 Å². The average Bonchev–Trinajstić information content (AvgIpc) is 3.29. The Morgan fingerprint density at radius 2 is 1.88 bits per heavy atom. The molecule has 6 rings (SSSR count). The van der Waals surface area contributed by atoms with Gasteiger partial charge in [0.15, 0.2) is 6.29 Å². The second-order valence-electron chi connectivity index (χ2n) is 14.9. The molecule has 6 aliphatic rings. The maximum Gasteiger partial charge on any atom is 0.336 e. The van der Waals surface area contributed by atoms with Gasteiger partial charge in [-0.3, -0.25) is 0 Å². The van der Waals surface area contributed by atoms with E-state index in [1.54, 1.807) is 5.57 Å². The molecule has 4 fully saturated rings. The molecule has 0 aromatic rings. The predicted octanol–water partition coefficient (Wildman–Crippen LogP) is 5.07. The van der Waals surface area contributed by atoms with Crippen LogP contribution >= 0.6 is 0 Å². The van der Waals surface area contributed by atoms with E-state index in [0.29, 0.717) is 48.0 Å². The van der Waals surface area contributed by atoms with Gasteiger partial charge in [-0.15, -0.1) is 0 Å². The molecule has 2 aliphatic heterocycles. The standard InChI is InChI=1S/C34H52O7/c1-19-13-30(41-32(38)26(19)18-36)20(2)27-7-8-28-25-6-5-21-14-23(39-31-16-22(37)15-24(17-35)40-31)9-11-33(21,3)29(25)10-12-34(27,28)4/h5,20,22-25,27-31,35-37H,6-18H2,1-4H3/t20-,22-,23-,24-,25-,27?,28?,29?,30?,31?,33-,34+/m0/s1. The van der Waals surface area contributed by atoms with Crippen molar-refractivity contribution in [1.29, 1.82) is 0 Å². The highest BCUT2D eigenvalue weighted by atomic mass is 16.7. The van der Waals surface area contributed by atoms with Gasteiger partial charge in [-0.25, -0.2) is 4.79 Å². The maximum atomic E-state index is 12.6. The molecule has 41 heavy (non-hydrogen) atoms. The lowest BCUT2D eigenvalue weighted by molar-refractivity contribution is -0.242. The van der Waals surface area contributed by atoms with Crippen LogP contribution in [0.25, 0.3) is 0 Å². The van der Waals surface area contributed by atoms with Crippen molar-refractivity contribution in [3.63, 3.8) is 0 Å². The smallest absolute Gasteiger partial charge is 0.336 e. The van der Waals surface area contributed by atoms with Gasteiger partial charge in [0.2, 0.25) is 0 Å². The summed E-state index contributed by atoms with van der Waals surface area (Å²) in [6.45, 7) is 9.01. The maximum absolute atomic E-state index is 12.6. The zero-order valence-corrected chi connectivity index (χ0v) is 25.5. The molecule has 0 aromatic carbocycles. The van der Waals surface area contributed by atoms with E-state index in [-0.39, 0.29) is 48.3 Å². The van der Waals surface area contributed by atoms with E-state index in [0.717, 1.165) is 37.7 Å². The van der Waals surface area contributed by atoms with Crippen LogP contribution in [0.5, 0.6) is 0 Å². The average molecular weight is 573 g/mol. The molecule has 12 atom stereocenters. The molecule has 7 heteroatoms. The quantitative estimate of drug-likeness (QED) is 0.302. The third kappa shape index (κ3) is 5.16. The second-order valence-corrected chi connectivity index (χ2v) is 14.9. The molecule has 4 aliphatic carbocycles. The minimum atomic E-state index is -0.479. The zero-order valence-electron chi connectivity index (χ0n) is 25.5. The molecule has 3 saturated carbocycles. The number of aliphatic hydroxyl groups excluding tert-OH is 3. The molecule has 2 heterocycles. The van der Waals surface area contributed by atoms with E-state index in [9.17, 15) is 20.1 Å². The lowest BCUT2D eigenvalue weighted by atomic mass is 9.47. The fourth-order valence-electron chi connectivity index (χ4n) is 10.6. The van der Waals surface area contributed by atoms with Gasteiger partial charge in [0.1, 0.15) is 6.10 Å². The lowest BCUT2D eigenvalue weighted by Gasteiger charge is -2.58. The van der Waals surface area contributed by atoms with Crippen molar-refractivity contribution >= 4 is 5.97 Å². The highest BCUT2D eigenvalue weighted by molar-refractivity contribution is 5.90. The van der Waals surface area contributed by atoms with Crippen LogP contribution in [-0.2, 0) is 19.0 Å². The lowest BCUT2D eigenvalue weighted by Crippen LogP contribution is -2.52. The number of allylic oxidation sites excluding steroid dienone is 1.